The molecule has 13 nitrogen and oxygen atoms in total. The molecule has 0 saturated carbocycles. The van der Waals surface area contributed by atoms with Crippen molar-refractivity contribution >= 4 is 23.9 Å². The first kappa shape index (κ1) is 45.3. The molecule has 0 unspecified atom stereocenters. The Labute approximate surface area is 354 Å². The molecule has 5 amide bonds. The van der Waals surface area contributed by atoms with Gasteiger partial charge in [-0.05, 0) is 72.4 Å². The number of carbonyl (C=O) groups excluding carboxylic acids is 3. The van der Waals surface area contributed by atoms with E-state index < -0.39 is 53.1 Å². The van der Waals surface area contributed by atoms with Crippen molar-refractivity contribution in [2.45, 2.75) is 105 Å². The van der Waals surface area contributed by atoms with Gasteiger partial charge in [-0.15, -0.1) is 0 Å². The second-order valence-corrected chi connectivity index (χ2v) is 18.0. The molecule has 5 atom stereocenters. The normalized spacial score (nSPS) is 15.8. The smallest absolute Gasteiger partial charge is 0.407 e. The Hall–Kier alpha value is -5.82. The fourth-order valence-corrected chi connectivity index (χ4v) is 8.11. The lowest BCUT2D eigenvalue weighted by atomic mass is 9.84. The summed E-state index contributed by atoms with van der Waals surface area (Å²) in [6.45, 7) is 14.2. The Balaban J connectivity index is 1.44. The largest absolute Gasteiger partial charge is 0.465 e. The SMILES string of the molecule is Cc1cccc(CN2CCN([C@H](C(=O)N[C@@H](Cc3ccc(-c4ccccn4)cc3)C[C@@H](O)[C@H](Cc3ccccc3)NC(=O)[C@@H](N(C)C(=O)O)C(C)(C)C)C(C)(C)C)C2=O)n1. The van der Waals surface area contributed by atoms with Crippen molar-refractivity contribution in [2.75, 3.05) is 20.1 Å². The minimum Gasteiger partial charge on any atom is -0.465 e. The lowest BCUT2D eigenvalue weighted by Gasteiger charge is -2.38. The van der Waals surface area contributed by atoms with Crippen LogP contribution in [0.2, 0.25) is 0 Å². The summed E-state index contributed by atoms with van der Waals surface area (Å²) in [6.07, 6.45) is -0.0708. The summed E-state index contributed by atoms with van der Waals surface area (Å²) in [7, 11) is 1.36. The van der Waals surface area contributed by atoms with Gasteiger partial charge in [0.25, 0.3) is 0 Å². The number of nitrogens with zero attached hydrogens (tertiary/aromatic N) is 5. The zero-order chi connectivity index (χ0) is 43.8. The first-order valence-corrected chi connectivity index (χ1v) is 20.6. The highest BCUT2D eigenvalue weighted by Crippen LogP contribution is 2.30. The molecule has 3 heterocycles. The lowest BCUT2D eigenvalue weighted by molar-refractivity contribution is -0.131. The molecule has 4 N–H and O–H groups in total. The van der Waals surface area contributed by atoms with Gasteiger partial charge in [0.05, 0.1) is 30.1 Å². The third-order valence-corrected chi connectivity index (χ3v) is 10.9. The molecule has 2 aromatic heterocycles. The summed E-state index contributed by atoms with van der Waals surface area (Å²) >= 11 is 0. The van der Waals surface area contributed by atoms with Gasteiger partial charge < -0.3 is 30.6 Å². The second kappa shape index (κ2) is 19.5. The fourth-order valence-electron chi connectivity index (χ4n) is 8.11. The van der Waals surface area contributed by atoms with E-state index in [1.54, 1.807) is 36.8 Å². The van der Waals surface area contributed by atoms with Gasteiger partial charge in [-0.25, -0.2) is 9.59 Å². The van der Waals surface area contributed by atoms with Crippen molar-refractivity contribution in [3.8, 4) is 11.3 Å². The number of urea groups is 1. The van der Waals surface area contributed by atoms with Gasteiger partial charge in [-0.3, -0.25) is 24.5 Å². The molecule has 13 heteroatoms. The number of hydrogen-bond donors (Lipinski definition) is 4. The van der Waals surface area contributed by atoms with Crippen molar-refractivity contribution in [3.05, 3.63) is 120 Å². The Morgan fingerprint density at radius 1 is 0.800 bits per heavy atom. The zero-order valence-corrected chi connectivity index (χ0v) is 36.1. The van der Waals surface area contributed by atoms with E-state index in [0.29, 0.717) is 26.1 Å². The van der Waals surface area contributed by atoms with Crippen LogP contribution in [-0.4, -0.2) is 109 Å². The van der Waals surface area contributed by atoms with Crippen LogP contribution in [0.4, 0.5) is 9.59 Å². The highest BCUT2D eigenvalue weighted by Gasteiger charge is 2.44. The van der Waals surface area contributed by atoms with Crippen molar-refractivity contribution in [1.82, 2.24) is 35.3 Å². The monoisotopic (exact) mass is 819 g/mol. The molecule has 1 aliphatic heterocycles. The van der Waals surface area contributed by atoms with Gasteiger partial charge in [-0.1, -0.05) is 108 Å². The molecule has 2 aromatic carbocycles. The number of nitrogens with one attached hydrogen (secondary N) is 2. The van der Waals surface area contributed by atoms with E-state index >= 15 is 0 Å². The predicted molar refractivity (Wildman–Crippen MR) is 232 cm³/mol. The maximum Gasteiger partial charge on any atom is 0.407 e. The summed E-state index contributed by atoms with van der Waals surface area (Å²) < 4.78 is 0. The summed E-state index contributed by atoms with van der Waals surface area (Å²) in [5.74, 6) is -0.892. The van der Waals surface area contributed by atoms with Gasteiger partial charge in [-0.2, -0.15) is 0 Å². The van der Waals surface area contributed by atoms with E-state index in [2.05, 4.69) is 20.6 Å². The number of aromatic nitrogens is 2. The first-order valence-electron chi connectivity index (χ1n) is 20.6. The molecule has 0 spiro atoms. The molecule has 1 saturated heterocycles. The van der Waals surface area contributed by atoms with Gasteiger partial charge in [0.2, 0.25) is 11.8 Å². The van der Waals surface area contributed by atoms with Gasteiger partial charge in [0.15, 0.2) is 0 Å². The van der Waals surface area contributed by atoms with E-state index in [4.69, 9.17) is 0 Å². The lowest BCUT2D eigenvalue weighted by Crippen LogP contribution is -2.59. The van der Waals surface area contributed by atoms with Crippen LogP contribution in [-0.2, 0) is 29.0 Å². The van der Waals surface area contributed by atoms with Crippen molar-refractivity contribution in [1.29, 1.82) is 0 Å². The number of benzene rings is 2. The van der Waals surface area contributed by atoms with E-state index in [0.717, 1.165) is 38.7 Å². The van der Waals surface area contributed by atoms with Crippen LogP contribution >= 0.6 is 0 Å². The summed E-state index contributed by atoms with van der Waals surface area (Å²) in [5, 5.41) is 28.3. The van der Waals surface area contributed by atoms with Gasteiger partial charge in [0, 0.05) is 43.6 Å². The van der Waals surface area contributed by atoms with Crippen LogP contribution in [0.5, 0.6) is 0 Å². The highest BCUT2D eigenvalue weighted by atomic mass is 16.4. The van der Waals surface area contributed by atoms with Crippen LogP contribution in [0.15, 0.2) is 97.2 Å². The van der Waals surface area contributed by atoms with Crippen LogP contribution < -0.4 is 10.6 Å². The van der Waals surface area contributed by atoms with Crippen molar-refractivity contribution in [3.63, 3.8) is 0 Å². The number of carboxylic acid groups (broad SMARTS) is 1. The molecular weight excluding hydrogens is 759 g/mol. The number of aliphatic hydroxyl groups is 1. The molecular formula is C47H61N7O6. The number of rotatable bonds is 16. The maximum absolute atomic E-state index is 14.7. The van der Waals surface area contributed by atoms with Crippen LogP contribution in [0.25, 0.3) is 11.3 Å². The highest BCUT2D eigenvalue weighted by molar-refractivity contribution is 5.89. The van der Waals surface area contributed by atoms with Crippen LogP contribution in [0, 0.1) is 17.8 Å². The molecule has 4 aromatic rings. The predicted octanol–water partition coefficient (Wildman–Crippen LogP) is 6.33. The van der Waals surface area contributed by atoms with E-state index in [1.165, 1.54) is 7.05 Å². The molecule has 0 radical (unpaired) electrons. The first-order chi connectivity index (χ1) is 28.3. The average Bonchev–Trinajstić information content (AvgIpc) is 3.52. The summed E-state index contributed by atoms with van der Waals surface area (Å²) in [4.78, 5) is 68.2. The number of pyridine rings is 2. The molecule has 1 fully saturated rings. The third kappa shape index (κ3) is 11.9. The third-order valence-electron chi connectivity index (χ3n) is 10.9. The summed E-state index contributed by atoms with van der Waals surface area (Å²) in [6, 6.07) is 25.1. The second-order valence-electron chi connectivity index (χ2n) is 18.0. The molecule has 60 heavy (non-hydrogen) atoms. The fraction of sp³-hybridized carbons (Fsp3) is 0.447. The number of aryl methyl sites for hydroxylation is 1. The Morgan fingerprint density at radius 2 is 1.47 bits per heavy atom. The molecule has 320 valence electrons. The Kier molecular flexibility index (Phi) is 14.7. The molecule has 0 bridgehead atoms. The average molecular weight is 820 g/mol. The standard InChI is InChI=1S/C47H61N7O6/c1-31-15-14-18-35(49-31)30-53-25-26-54(44(53)58)41(47(5,6)7)43(57)50-36(27-33-20-22-34(23-21-33)37-19-12-13-24-48-37)29-39(55)38(28-32-16-10-9-11-17-32)51-42(56)40(46(2,3)4)52(8)45(59)60/h9-24,36,38-41,55H,25-30H2,1-8H3,(H,50,57)(H,51,56)(H,59,60)/t36-,38-,39+,40+,41+/m0/s1. The van der Waals surface area contributed by atoms with Gasteiger partial charge >= 0.3 is 12.1 Å². The van der Waals surface area contributed by atoms with E-state index in [1.807, 2.05) is 119 Å². The molecule has 5 rings (SSSR count). The number of amides is 5. The topological polar surface area (TPSA) is 168 Å². The maximum atomic E-state index is 14.7. The zero-order valence-electron chi connectivity index (χ0n) is 36.1. The van der Waals surface area contributed by atoms with Gasteiger partial charge in [0.1, 0.15) is 12.1 Å². The Morgan fingerprint density at radius 3 is 2.07 bits per heavy atom. The van der Waals surface area contributed by atoms with Crippen LogP contribution in [0.1, 0.15) is 70.5 Å². The molecule has 0 aliphatic carbocycles. The van der Waals surface area contributed by atoms with E-state index in [9.17, 15) is 29.4 Å². The summed E-state index contributed by atoms with van der Waals surface area (Å²) in [5.41, 5.74) is 3.70. The number of aliphatic hydroxyl groups excluding tert-OH is 1. The van der Waals surface area contributed by atoms with Crippen molar-refractivity contribution < 1.29 is 29.4 Å². The number of carbonyl (C=O) groups is 4. The molecule has 1 aliphatic rings. The minimum absolute atomic E-state index is 0.0381. The van der Waals surface area contributed by atoms with E-state index in [-0.39, 0.29) is 24.8 Å². The van der Waals surface area contributed by atoms with Crippen LogP contribution in [0.3, 0.4) is 0 Å². The number of hydrogen-bond acceptors (Lipinski definition) is 7. The van der Waals surface area contributed by atoms with Crippen molar-refractivity contribution in [2.24, 2.45) is 10.8 Å². The minimum atomic E-state index is -1.25. The number of likely N-dealkylation sites (N-methyl/N-ethyl adjacent to an activating group) is 1. The quantitative estimate of drug-likeness (QED) is 0.102. The Bertz CT molecular complexity index is 2070.